The van der Waals surface area contributed by atoms with E-state index in [1.807, 2.05) is 0 Å². The highest BCUT2D eigenvalue weighted by Gasteiger charge is 2.21. The topological polar surface area (TPSA) is 94.1 Å². The molecule has 5 rings (SSSR count). The molecule has 3 N–H and O–H groups in total. The zero-order chi connectivity index (χ0) is 23.7. The molecule has 0 saturated carbocycles. The summed E-state index contributed by atoms with van der Waals surface area (Å²) in [6.07, 6.45) is 0. The van der Waals surface area contributed by atoms with Crippen LogP contribution in [-0.4, -0.2) is 64.0 Å². The molecule has 4 aromatic rings. The Morgan fingerprint density at radius 3 is 2.59 bits per heavy atom. The predicted octanol–water partition coefficient (Wildman–Crippen LogP) is 3.23. The molecule has 1 aliphatic rings. The van der Waals surface area contributed by atoms with Crippen LogP contribution in [0.5, 0.6) is 0 Å². The van der Waals surface area contributed by atoms with Gasteiger partial charge in [0.15, 0.2) is 5.65 Å². The summed E-state index contributed by atoms with van der Waals surface area (Å²) in [5.74, 6) is -1.52. The number of nitrogens with zero attached hydrogens (tertiary/aromatic N) is 5. The molecule has 0 bridgehead atoms. The number of halogens is 3. The molecule has 0 amide bonds. The second-order valence-electron chi connectivity index (χ2n) is 7.88. The van der Waals surface area contributed by atoms with E-state index in [2.05, 4.69) is 25.3 Å². The molecule has 0 atom stereocenters. The molecular formula is C23H22F3N7O. The second-order valence-corrected chi connectivity index (χ2v) is 7.88. The van der Waals surface area contributed by atoms with Crippen molar-refractivity contribution in [1.29, 1.82) is 0 Å². The van der Waals surface area contributed by atoms with Crippen molar-refractivity contribution in [2.24, 2.45) is 0 Å². The lowest BCUT2D eigenvalue weighted by atomic mass is 10.1. The number of hydrogen-bond donors (Lipinski definition) is 2. The fourth-order valence-corrected chi connectivity index (χ4v) is 3.92. The smallest absolute Gasteiger partial charge is 0.225 e. The Morgan fingerprint density at radius 1 is 1.00 bits per heavy atom. The molecule has 0 spiro atoms. The Bertz CT molecular complexity index is 1340. The Kier molecular flexibility index (Phi) is 6.03. The number of nitrogens with two attached hydrogens (primary N) is 1. The summed E-state index contributed by atoms with van der Waals surface area (Å²) < 4.78 is 48.7. The molecule has 1 saturated heterocycles. The zero-order valence-electron chi connectivity index (χ0n) is 18.1. The molecule has 1 aliphatic heterocycles. The number of benzene rings is 2. The number of nitrogens with one attached hydrogen (secondary N) is 1. The average molecular weight is 469 g/mol. The third kappa shape index (κ3) is 4.39. The minimum atomic E-state index is -0.704. The number of hydrogen-bond acceptors (Lipinski definition) is 7. The van der Waals surface area contributed by atoms with Gasteiger partial charge >= 0.3 is 0 Å². The van der Waals surface area contributed by atoms with E-state index in [1.165, 1.54) is 12.1 Å². The number of ether oxygens (including phenoxy) is 1. The minimum absolute atomic E-state index is 0.0126. The largest absolute Gasteiger partial charge is 0.383 e. The normalized spacial score (nSPS) is 14.6. The lowest BCUT2D eigenvalue weighted by Gasteiger charge is -2.26. The average Bonchev–Trinajstić information content (AvgIpc) is 3.17. The van der Waals surface area contributed by atoms with E-state index in [4.69, 9.17) is 10.5 Å². The van der Waals surface area contributed by atoms with Gasteiger partial charge < -0.3 is 15.8 Å². The summed E-state index contributed by atoms with van der Waals surface area (Å²) >= 11 is 0. The highest BCUT2D eigenvalue weighted by molar-refractivity contribution is 5.99. The predicted molar refractivity (Wildman–Crippen MR) is 122 cm³/mol. The Morgan fingerprint density at radius 2 is 1.79 bits per heavy atom. The van der Waals surface area contributed by atoms with E-state index in [1.54, 1.807) is 12.1 Å². The summed E-state index contributed by atoms with van der Waals surface area (Å²) in [7, 11) is 0. The van der Waals surface area contributed by atoms with Crippen LogP contribution in [0.2, 0.25) is 0 Å². The van der Waals surface area contributed by atoms with Gasteiger partial charge in [-0.2, -0.15) is 4.98 Å². The number of anilines is 2. The van der Waals surface area contributed by atoms with Crippen LogP contribution in [-0.2, 0) is 4.74 Å². The zero-order valence-corrected chi connectivity index (χ0v) is 18.1. The van der Waals surface area contributed by atoms with Crippen molar-refractivity contribution in [3.05, 3.63) is 59.9 Å². The number of fused-ring (bicyclic) bond motifs is 1. The van der Waals surface area contributed by atoms with Crippen molar-refractivity contribution in [2.45, 2.75) is 0 Å². The van der Waals surface area contributed by atoms with E-state index in [9.17, 15) is 13.2 Å². The van der Waals surface area contributed by atoms with Gasteiger partial charge in [-0.05, 0) is 24.3 Å². The van der Waals surface area contributed by atoms with Gasteiger partial charge in [-0.15, -0.1) is 5.10 Å². The van der Waals surface area contributed by atoms with E-state index in [0.717, 1.165) is 42.5 Å². The second kappa shape index (κ2) is 9.27. The maximum atomic E-state index is 14.5. The molecular weight excluding hydrogens is 447 g/mol. The molecule has 0 unspecified atom stereocenters. The quantitative estimate of drug-likeness (QED) is 0.448. The fraction of sp³-hybridized carbons (Fsp3) is 0.261. The van der Waals surface area contributed by atoms with E-state index in [-0.39, 0.29) is 23.1 Å². The molecule has 34 heavy (non-hydrogen) atoms. The van der Waals surface area contributed by atoms with E-state index in [0.29, 0.717) is 36.4 Å². The summed E-state index contributed by atoms with van der Waals surface area (Å²) in [5, 5.41) is 7.81. The third-order valence-electron chi connectivity index (χ3n) is 5.62. The van der Waals surface area contributed by atoms with Crippen molar-refractivity contribution in [3.63, 3.8) is 0 Å². The van der Waals surface area contributed by atoms with Gasteiger partial charge in [-0.25, -0.2) is 22.8 Å². The van der Waals surface area contributed by atoms with Crippen LogP contribution in [0.25, 0.3) is 28.0 Å². The maximum Gasteiger partial charge on any atom is 0.225 e. The molecule has 2 aromatic carbocycles. The van der Waals surface area contributed by atoms with Gasteiger partial charge in [0.1, 0.15) is 29.0 Å². The lowest BCUT2D eigenvalue weighted by molar-refractivity contribution is 0.0398. The minimum Gasteiger partial charge on any atom is -0.383 e. The van der Waals surface area contributed by atoms with Crippen LogP contribution < -0.4 is 11.1 Å². The Balaban J connectivity index is 1.57. The summed E-state index contributed by atoms with van der Waals surface area (Å²) in [4.78, 5) is 11.3. The number of rotatable bonds is 6. The van der Waals surface area contributed by atoms with Crippen molar-refractivity contribution in [3.8, 4) is 16.9 Å². The monoisotopic (exact) mass is 469 g/mol. The molecule has 11 heteroatoms. The summed E-state index contributed by atoms with van der Waals surface area (Å²) in [6.45, 7) is 4.39. The highest BCUT2D eigenvalue weighted by Crippen LogP contribution is 2.33. The van der Waals surface area contributed by atoms with Gasteiger partial charge in [0.25, 0.3) is 0 Å². The first kappa shape index (κ1) is 22.1. The van der Waals surface area contributed by atoms with Gasteiger partial charge in [0.2, 0.25) is 5.95 Å². The number of nitrogen functional groups attached to an aromatic ring is 1. The summed E-state index contributed by atoms with van der Waals surface area (Å²) in [5.41, 5.74) is 7.10. The van der Waals surface area contributed by atoms with E-state index >= 15 is 0 Å². The van der Waals surface area contributed by atoms with Crippen LogP contribution in [0, 0.1) is 17.5 Å². The molecule has 176 valence electrons. The van der Waals surface area contributed by atoms with Crippen molar-refractivity contribution < 1.29 is 17.9 Å². The standard InChI is InChI=1S/C23H22F3N7O/c24-15-3-1-2-14(12-15)20-19-21(27)33(18-13-16(25)4-5-17(18)26)31-22(19)30-23(29-20)28-6-7-32-8-10-34-11-9-32/h1-5,12-13H,6-11,27H2,(H,28,30,31). The molecule has 0 radical (unpaired) electrons. The van der Waals surface area contributed by atoms with Crippen LogP contribution in [0.15, 0.2) is 42.5 Å². The summed E-state index contributed by atoms with van der Waals surface area (Å²) in [6, 6.07) is 8.87. The van der Waals surface area contributed by atoms with Crippen LogP contribution >= 0.6 is 0 Å². The highest BCUT2D eigenvalue weighted by atomic mass is 19.1. The Labute approximate surface area is 193 Å². The van der Waals surface area contributed by atoms with E-state index < -0.39 is 17.5 Å². The first-order valence-electron chi connectivity index (χ1n) is 10.8. The van der Waals surface area contributed by atoms with Crippen LogP contribution in [0.4, 0.5) is 24.9 Å². The molecule has 1 fully saturated rings. The fourth-order valence-electron chi connectivity index (χ4n) is 3.92. The number of morpholine rings is 1. The Hall–Kier alpha value is -3.70. The van der Waals surface area contributed by atoms with Gasteiger partial charge in [0.05, 0.1) is 24.3 Å². The maximum absolute atomic E-state index is 14.5. The molecule has 8 nitrogen and oxygen atoms in total. The molecule has 2 aromatic heterocycles. The third-order valence-corrected chi connectivity index (χ3v) is 5.62. The first-order chi connectivity index (χ1) is 16.5. The lowest BCUT2D eigenvalue weighted by Crippen LogP contribution is -2.39. The van der Waals surface area contributed by atoms with Crippen molar-refractivity contribution in [2.75, 3.05) is 50.4 Å². The van der Waals surface area contributed by atoms with Crippen LogP contribution in [0.1, 0.15) is 0 Å². The van der Waals surface area contributed by atoms with Gasteiger partial charge in [-0.3, -0.25) is 4.90 Å². The molecule has 3 heterocycles. The van der Waals surface area contributed by atoms with Crippen molar-refractivity contribution >= 4 is 22.8 Å². The van der Waals surface area contributed by atoms with Crippen LogP contribution in [0.3, 0.4) is 0 Å². The SMILES string of the molecule is Nc1c2c(-c3cccc(F)c3)nc(NCCN3CCOCC3)nc2nn1-c1cc(F)ccc1F. The first-order valence-corrected chi connectivity index (χ1v) is 10.8. The molecule has 0 aliphatic carbocycles. The number of aromatic nitrogens is 4. The van der Waals surface area contributed by atoms with Gasteiger partial charge in [-0.1, -0.05) is 12.1 Å². The van der Waals surface area contributed by atoms with Gasteiger partial charge in [0, 0.05) is 37.8 Å². The van der Waals surface area contributed by atoms with Crippen molar-refractivity contribution in [1.82, 2.24) is 24.6 Å².